The quantitative estimate of drug-likeness (QED) is 0.558. The highest BCUT2D eigenvalue weighted by atomic mass is 15.0. The van der Waals surface area contributed by atoms with Crippen LogP contribution in [0.1, 0.15) is 5.69 Å². The number of aryl methyl sites for hydroxylation is 1. The molecule has 4 nitrogen and oxygen atoms in total. The van der Waals surface area contributed by atoms with E-state index in [-0.39, 0.29) is 0 Å². The number of H-pyrrole nitrogens is 1. The van der Waals surface area contributed by atoms with Gasteiger partial charge in [0.25, 0.3) is 0 Å². The van der Waals surface area contributed by atoms with Gasteiger partial charge in [0, 0.05) is 6.20 Å². The van der Waals surface area contributed by atoms with Gasteiger partial charge in [-0.25, -0.2) is 9.97 Å². The van der Waals surface area contributed by atoms with E-state index in [1.165, 1.54) is 0 Å². The minimum Gasteiger partial charge on any atom is -0.345 e. The summed E-state index contributed by atoms with van der Waals surface area (Å²) in [6, 6.07) is 2.00. The van der Waals surface area contributed by atoms with Crippen LogP contribution < -0.4 is 0 Å². The van der Waals surface area contributed by atoms with Crippen LogP contribution in [0.2, 0.25) is 0 Å². The van der Waals surface area contributed by atoms with E-state index in [2.05, 4.69) is 15.0 Å². The van der Waals surface area contributed by atoms with Gasteiger partial charge in [-0.05, 0) is 13.0 Å². The average Bonchev–Trinajstić information content (AvgIpc) is 2.70. The minimum atomic E-state index is 0.893. The zero-order valence-electron chi connectivity index (χ0n) is 7.15. The third kappa shape index (κ3) is 0.744. The molecule has 0 saturated heterocycles. The van der Waals surface area contributed by atoms with Crippen molar-refractivity contribution in [2.24, 2.45) is 0 Å². The third-order valence-electron chi connectivity index (χ3n) is 2.28. The molecule has 0 spiro atoms. The summed E-state index contributed by atoms with van der Waals surface area (Å²) < 4.78 is 2.04. The lowest BCUT2D eigenvalue weighted by molar-refractivity contribution is 1.18. The monoisotopic (exact) mass is 172 g/mol. The molecule has 0 atom stereocenters. The van der Waals surface area contributed by atoms with Gasteiger partial charge in [-0.1, -0.05) is 0 Å². The number of hydrogen-bond donors (Lipinski definition) is 1. The first kappa shape index (κ1) is 6.65. The van der Waals surface area contributed by atoms with Gasteiger partial charge in [0.05, 0.1) is 22.9 Å². The van der Waals surface area contributed by atoms with Crippen molar-refractivity contribution in [1.29, 1.82) is 0 Å². The van der Waals surface area contributed by atoms with Crippen LogP contribution in [0.5, 0.6) is 0 Å². The Bertz CT molecular complexity index is 575. The van der Waals surface area contributed by atoms with Crippen LogP contribution in [0, 0.1) is 6.92 Å². The molecule has 0 bridgehead atoms. The van der Waals surface area contributed by atoms with Crippen LogP contribution in [0.25, 0.3) is 16.7 Å². The number of fused-ring (bicyclic) bond motifs is 3. The van der Waals surface area contributed by atoms with E-state index in [1.54, 1.807) is 0 Å². The van der Waals surface area contributed by atoms with Crippen LogP contribution in [-0.2, 0) is 0 Å². The van der Waals surface area contributed by atoms with Crippen LogP contribution in [0.3, 0.4) is 0 Å². The summed E-state index contributed by atoms with van der Waals surface area (Å²) in [6.07, 6.45) is 5.54. The van der Waals surface area contributed by atoms with E-state index in [4.69, 9.17) is 0 Å². The molecule has 0 aliphatic carbocycles. The zero-order chi connectivity index (χ0) is 8.84. The molecule has 0 amide bonds. The molecule has 0 saturated carbocycles. The Morgan fingerprint density at radius 3 is 3.15 bits per heavy atom. The highest BCUT2D eigenvalue weighted by Crippen LogP contribution is 2.14. The second kappa shape index (κ2) is 2.10. The Balaban J connectivity index is 2.66. The summed E-state index contributed by atoms with van der Waals surface area (Å²) >= 11 is 0. The first-order valence-corrected chi connectivity index (χ1v) is 4.12. The molecule has 1 N–H and O–H groups in total. The minimum absolute atomic E-state index is 0.893. The highest BCUT2D eigenvalue weighted by molar-refractivity contribution is 5.75. The molecule has 3 heterocycles. The summed E-state index contributed by atoms with van der Waals surface area (Å²) in [6.45, 7) is 1.98. The van der Waals surface area contributed by atoms with Crippen molar-refractivity contribution >= 4 is 16.7 Å². The zero-order valence-corrected chi connectivity index (χ0v) is 7.15. The number of hydrogen-bond acceptors (Lipinski definition) is 2. The van der Waals surface area contributed by atoms with Gasteiger partial charge in [-0.2, -0.15) is 0 Å². The van der Waals surface area contributed by atoms with Crippen LogP contribution in [-0.4, -0.2) is 19.4 Å². The van der Waals surface area contributed by atoms with E-state index < -0.39 is 0 Å². The first-order valence-electron chi connectivity index (χ1n) is 4.12. The lowest BCUT2D eigenvalue weighted by Gasteiger charge is -1.95. The Hall–Kier alpha value is -1.84. The van der Waals surface area contributed by atoms with Crippen molar-refractivity contribution in [1.82, 2.24) is 19.4 Å². The SMILES string of the molecule is Cc1ncn2c1cnc1[nH]ccc12. The Kier molecular flexibility index (Phi) is 1.07. The molecule has 3 aromatic heterocycles. The van der Waals surface area contributed by atoms with Crippen molar-refractivity contribution < 1.29 is 0 Å². The van der Waals surface area contributed by atoms with Crippen molar-refractivity contribution in [3.63, 3.8) is 0 Å². The molecule has 3 aromatic rings. The molecule has 3 rings (SSSR count). The number of nitrogens with one attached hydrogen (secondary N) is 1. The molecule has 0 unspecified atom stereocenters. The molecule has 0 fully saturated rings. The predicted octanol–water partition coefficient (Wildman–Crippen LogP) is 1.52. The maximum Gasteiger partial charge on any atom is 0.154 e. The average molecular weight is 172 g/mol. The van der Waals surface area contributed by atoms with Crippen molar-refractivity contribution in [2.75, 3.05) is 0 Å². The maximum absolute atomic E-state index is 4.29. The number of aromatic nitrogens is 4. The smallest absolute Gasteiger partial charge is 0.154 e. The standard InChI is InChI=1S/C9H8N4/c1-6-8-4-11-9-7(2-3-10-9)13(8)5-12-6/h2-5,10H,1H3. The molecule has 4 heteroatoms. The van der Waals surface area contributed by atoms with Gasteiger partial charge in [-0.15, -0.1) is 0 Å². The third-order valence-corrected chi connectivity index (χ3v) is 2.28. The predicted molar refractivity (Wildman–Crippen MR) is 49.6 cm³/mol. The molecule has 0 aromatic carbocycles. The molecular formula is C9H8N4. The van der Waals surface area contributed by atoms with E-state index in [1.807, 2.05) is 36.1 Å². The van der Waals surface area contributed by atoms with Crippen LogP contribution in [0.15, 0.2) is 24.8 Å². The fourth-order valence-corrected chi connectivity index (χ4v) is 1.57. The molecule has 0 radical (unpaired) electrons. The summed E-state index contributed by atoms with van der Waals surface area (Å²) in [5, 5.41) is 0. The van der Waals surface area contributed by atoms with E-state index in [0.717, 1.165) is 22.4 Å². The van der Waals surface area contributed by atoms with Gasteiger partial charge in [0.2, 0.25) is 0 Å². The fourth-order valence-electron chi connectivity index (χ4n) is 1.57. The van der Waals surface area contributed by atoms with Crippen molar-refractivity contribution in [2.45, 2.75) is 6.92 Å². The number of imidazole rings is 1. The van der Waals surface area contributed by atoms with Gasteiger partial charge >= 0.3 is 0 Å². The van der Waals surface area contributed by atoms with Gasteiger partial charge in [-0.3, -0.25) is 4.40 Å². The molecule has 0 aliphatic heterocycles. The number of nitrogens with zero attached hydrogens (tertiary/aromatic N) is 3. The largest absolute Gasteiger partial charge is 0.345 e. The van der Waals surface area contributed by atoms with Gasteiger partial charge < -0.3 is 4.98 Å². The normalized spacial score (nSPS) is 11.5. The van der Waals surface area contributed by atoms with Crippen molar-refractivity contribution in [3.8, 4) is 0 Å². The maximum atomic E-state index is 4.29. The summed E-state index contributed by atoms with van der Waals surface area (Å²) in [7, 11) is 0. The van der Waals surface area contributed by atoms with E-state index >= 15 is 0 Å². The summed E-state index contributed by atoms with van der Waals surface area (Å²) in [5.74, 6) is 0. The lowest BCUT2D eigenvalue weighted by Crippen LogP contribution is -1.86. The topological polar surface area (TPSA) is 46.0 Å². The van der Waals surface area contributed by atoms with E-state index in [0.29, 0.717) is 0 Å². The molecule has 0 aliphatic rings. The van der Waals surface area contributed by atoms with Gasteiger partial charge in [0.1, 0.15) is 6.33 Å². The summed E-state index contributed by atoms with van der Waals surface area (Å²) in [4.78, 5) is 11.6. The van der Waals surface area contributed by atoms with Crippen molar-refractivity contribution in [3.05, 3.63) is 30.5 Å². The Morgan fingerprint density at radius 2 is 2.23 bits per heavy atom. The Labute approximate surface area is 74.2 Å². The lowest BCUT2D eigenvalue weighted by atomic mass is 10.4. The second-order valence-corrected chi connectivity index (χ2v) is 3.05. The fraction of sp³-hybridized carbons (Fsp3) is 0.111. The molecule has 64 valence electrons. The Morgan fingerprint density at radius 1 is 1.31 bits per heavy atom. The second-order valence-electron chi connectivity index (χ2n) is 3.05. The van der Waals surface area contributed by atoms with E-state index in [9.17, 15) is 0 Å². The number of rotatable bonds is 0. The molecular weight excluding hydrogens is 164 g/mol. The molecule has 13 heavy (non-hydrogen) atoms. The number of aromatic amines is 1. The van der Waals surface area contributed by atoms with Gasteiger partial charge in [0.15, 0.2) is 5.65 Å². The highest BCUT2D eigenvalue weighted by Gasteiger charge is 2.03. The van der Waals surface area contributed by atoms with Crippen LogP contribution in [0.4, 0.5) is 0 Å². The van der Waals surface area contributed by atoms with Crippen LogP contribution >= 0.6 is 0 Å². The first-order chi connectivity index (χ1) is 6.36. The summed E-state index contributed by atoms with van der Waals surface area (Å²) in [5.41, 5.74) is 4.03.